The van der Waals surface area contributed by atoms with Crippen LogP contribution in [0.5, 0.6) is 0 Å². The van der Waals surface area contributed by atoms with Gasteiger partial charge < -0.3 is 21.7 Å². The summed E-state index contributed by atoms with van der Waals surface area (Å²) < 4.78 is 0. The number of carbonyl (C=O) groups is 2. The number of fused-ring (bicyclic) bond motifs is 1. The van der Waals surface area contributed by atoms with E-state index in [1.807, 2.05) is 0 Å². The molecule has 2 aliphatic rings. The Balaban J connectivity index is 0.000000234. The predicted octanol–water partition coefficient (Wildman–Crippen LogP) is 1.32. The van der Waals surface area contributed by atoms with Crippen LogP contribution in [0.1, 0.15) is 35.1 Å². The molecular formula is C23H29N5O2. The fourth-order valence-electron chi connectivity index (χ4n) is 3.70. The van der Waals surface area contributed by atoms with Gasteiger partial charge in [-0.1, -0.05) is 48.5 Å². The van der Waals surface area contributed by atoms with Crippen LogP contribution in [0.4, 0.5) is 0 Å². The highest BCUT2D eigenvalue weighted by Gasteiger charge is 2.36. The lowest BCUT2D eigenvalue weighted by Gasteiger charge is -2.39. The van der Waals surface area contributed by atoms with Crippen molar-refractivity contribution >= 4 is 17.6 Å². The average molecular weight is 408 g/mol. The van der Waals surface area contributed by atoms with E-state index in [1.165, 1.54) is 24.2 Å². The summed E-state index contributed by atoms with van der Waals surface area (Å²) in [6.45, 7) is 0.885. The Morgan fingerprint density at radius 2 is 1.70 bits per heavy atom. The van der Waals surface area contributed by atoms with Crippen molar-refractivity contribution in [1.82, 2.24) is 10.2 Å². The number of aryl methyl sites for hydroxylation is 2. The molecule has 1 heterocycles. The standard InChI is InChI=1S/C14H19N5O2.C9H10/c15-7-12(20)19-6-5-11(19)14(21)18-8-9-1-3-10(4-2-9)13(16)17;1-2-5-9-7-3-6-8(9)4-1/h1-4,11H,5-8,15H2,(H3,16,17)(H,18,21);1-2,4-5H,3,6-7H2/t11-;/m0./s1. The van der Waals surface area contributed by atoms with Crippen molar-refractivity contribution in [2.45, 2.75) is 38.3 Å². The van der Waals surface area contributed by atoms with Crippen LogP contribution in [-0.2, 0) is 29.0 Å². The summed E-state index contributed by atoms with van der Waals surface area (Å²) in [4.78, 5) is 25.0. The van der Waals surface area contributed by atoms with Gasteiger partial charge in [0.25, 0.3) is 0 Å². The molecule has 0 bridgehead atoms. The third kappa shape index (κ3) is 5.24. The normalized spacial score (nSPS) is 16.6. The number of rotatable bonds is 5. The van der Waals surface area contributed by atoms with Crippen LogP contribution >= 0.6 is 0 Å². The molecule has 2 aromatic carbocycles. The highest BCUT2D eigenvalue weighted by atomic mass is 16.2. The lowest BCUT2D eigenvalue weighted by molar-refractivity contribution is -0.146. The van der Waals surface area contributed by atoms with Crippen LogP contribution in [0, 0.1) is 5.41 Å². The number of nitrogens with one attached hydrogen (secondary N) is 2. The van der Waals surface area contributed by atoms with Crippen molar-refractivity contribution in [2.24, 2.45) is 11.5 Å². The van der Waals surface area contributed by atoms with Crippen LogP contribution < -0.4 is 16.8 Å². The van der Waals surface area contributed by atoms with Gasteiger partial charge in [-0.25, -0.2) is 0 Å². The van der Waals surface area contributed by atoms with Gasteiger partial charge >= 0.3 is 0 Å². The van der Waals surface area contributed by atoms with E-state index in [2.05, 4.69) is 29.6 Å². The van der Waals surface area contributed by atoms with E-state index in [0.717, 1.165) is 5.56 Å². The van der Waals surface area contributed by atoms with Crippen LogP contribution in [0.25, 0.3) is 0 Å². The fourth-order valence-corrected chi connectivity index (χ4v) is 3.70. The first-order valence-electron chi connectivity index (χ1n) is 10.3. The van der Waals surface area contributed by atoms with E-state index in [0.29, 0.717) is 25.1 Å². The number of benzene rings is 2. The SMILES string of the molecule is N=C(N)c1ccc(CNC(=O)[C@@H]2CCN2C(=O)CN)cc1.c1ccc2c(c1)CCC2. The third-order valence-electron chi connectivity index (χ3n) is 5.56. The molecule has 2 amide bonds. The Morgan fingerprint density at radius 1 is 1.07 bits per heavy atom. The lowest BCUT2D eigenvalue weighted by Crippen LogP contribution is -2.59. The highest BCUT2D eigenvalue weighted by molar-refractivity contribution is 5.95. The Bertz CT molecular complexity index is 887. The maximum absolute atomic E-state index is 12.0. The Morgan fingerprint density at radius 3 is 2.20 bits per heavy atom. The fraction of sp³-hybridized carbons (Fsp3) is 0.348. The zero-order valence-electron chi connectivity index (χ0n) is 17.1. The second-order valence-corrected chi connectivity index (χ2v) is 7.55. The van der Waals surface area contributed by atoms with Crippen LogP contribution in [0.3, 0.4) is 0 Å². The van der Waals surface area contributed by atoms with Crippen molar-refractivity contribution in [1.29, 1.82) is 5.41 Å². The zero-order chi connectivity index (χ0) is 21.5. The van der Waals surface area contributed by atoms with Crippen molar-refractivity contribution in [3.8, 4) is 0 Å². The number of nitrogens with zero attached hydrogens (tertiary/aromatic N) is 1. The molecule has 0 unspecified atom stereocenters. The third-order valence-corrected chi connectivity index (χ3v) is 5.56. The van der Waals surface area contributed by atoms with Gasteiger partial charge in [-0.15, -0.1) is 0 Å². The molecule has 158 valence electrons. The van der Waals surface area contributed by atoms with Crippen molar-refractivity contribution in [3.63, 3.8) is 0 Å². The van der Waals surface area contributed by atoms with Crippen LogP contribution in [0.2, 0.25) is 0 Å². The summed E-state index contributed by atoms with van der Waals surface area (Å²) in [6, 6.07) is 15.4. The second kappa shape index (κ2) is 10.0. The minimum atomic E-state index is -0.405. The monoisotopic (exact) mass is 407 g/mol. The highest BCUT2D eigenvalue weighted by Crippen LogP contribution is 2.20. The van der Waals surface area contributed by atoms with E-state index in [9.17, 15) is 9.59 Å². The molecule has 0 radical (unpaired) electrons. The summed E-state index contributed by atoms with van der Waals surface area (Å²) in [6.07, 6.45) is 4.63. The smallest absolute Gasteiger partial charge is 0.243 e. The molecule has 4 rings (SSSR count). The van der Waals surface area contributed by atoms with Gasteiger partial charge in [0, 0.05) is 18.7 Å². The van der Waals surface area contributed by atoms with E-state index < -0.39 is 6.04 Å². The Hall–Kier alpha value is -3.19. The molecule has 1 aliphatic carbocycles. The number of amides is 2. The topological polar surface area (TPSA) is 125 Å². The van der Waals surface area contributed by atoms with Crippen LogP contribution in [0.15, 0.2) is 48.5 Å². The lowest BCUT2D eigenvalue weighted by atomic mass is 10.0. The van der Waals surface area contributed by atoms with Crippen LogP contribution in [-0.4, -0.2) is 41.7 Å². The molecule has 1 atom stereocenters. The molecular weight excluding hydrogens is 378 g/mol. The van der Waals surface area contributed by atoms with Crippen molar-refractivity contribution < 1.29 is 9.59 Å². The molecule has 0 aromatic heterocycles. The molecule has 7 nitrogen and oxygen atoms in total. The first-order chi connectivity index (χ1) is 14.5. The van der Waals surface area contributed by atoms with Crippen molar-refractivity contribution in [3.05, 3.63) is 70.8 Å². The average Bonchev–Trinajstić information content (AvgIpc) is 3.21. The Kier molecular flexibility index (Phi) is 7.19. The minimum Gasteiger partial charge on any atom is -0.384 e. The maximum atomic E-state index is 12.0. The maximum Gasteiger partial charge on any atom is 0.243 e. The Labute approximate surface area is 176 Å². The number of amidine groups is 1. The summed E-state index contributed by atoms with van der Waals surface area (Å²) >= 11 is 0. The largest absolute Gasteiger partial charge is 0.384 e. The molecule has 30 heavy (non-hydrogen) atoms. The van der Waals surface area contributed by atoms with Crippen molar-refractivity contribution in [2.75, 3.05) is 13.1 Å². The first kappa shape index (κ1) is 21.5. The molecule has 7 heteroatoms. The van der Waals surface area contributed by atoms with E-state index in [1.54, 1.807) is 35.4 Å². The summed E-state index contributed by atoms with van der Waals surface area (Å²) in [5.41, 5.74) is 15.4. The van der Waals surface area contributed by atoms with Gasteiger partial charge in [-0.2, -0.15) is 0 Å². The summed E-state index contributed by atoms with van der Waals surface area (Å²) in [7, 11) is 0. The second-order valence-electron chi connectivity index (χ2n) is 7.55. The van der Waals surface area contributed by atoms with E-state index in [4.69, 9.17) is 16.9 Å². The van der Waals surface area contributed by atoms with Gasteiger partial charge in [0.1, 0.15) is 11.9 Å². The molecule has 0 spiro atoms. The number of likely N-dealkylation sites (tertiary alicyclic amines) is 1. The zero-order valence-corrected chi connectivity index (χ0v) is 17.1. The molecule has 1 saturated heterocycles. The van der Waals surface area contributed by atoms with Gasteiger partial charge in [-0.3, -0.25) is 15.0 Å². The molecule has 2 aromatic rings. The van der Waals surface area contributed by atoms with Gasteiger partial charge in [0.05, 0.1) is 6.54 Å². The number of hydrogen-bond acceptors (Lipinski definition) is 4. The summed E-state index contributed by atoms with van der Waals surface area (Å²) in [5, 5.41) is 10.1. The van der Waals surface area contributed by atoms with E-state index >= 15 is 0 Å². The molecule has 1 fully saturated rings. The number of carbonyl (C=O) groups excluding carboxylic acids is 2. The van der Waals surface area contributed by atoms with E-state index in [-0.39, 0.29) is 24.2 Å². The predicted molar refractivity (Wildman–Crippen MR) is 117 cm³/mol. The molecule has 0 saturated carbocycles. The number of hydrogen-bond donors (Lipinski definition) is 4. The molecule has 6 N–H and O–H groups in total. The summed E-state index contributed by atoms with van der Waals surface area (Å²) in [5.74, 6) is -0.359. The van der Waals surface area contributed by atoms with Gasteiger partial charge in [0.15, 0.2) is 0 Å². The minimum absolute atomic E-state index is 0.0102. The van der Waals surface area contributed by atoms with Gasteiger partial charge in [0.2, 0.25) is 11.8 Å². The number of nitrogen functional groups attached to an aromatic ring is 1. The van der Waals surface area contributed by atoms with Gasteiger partial charge in [-0.05, 0) is 42.4 Å². The first-order valence-corrected chi connectivity index (χ1v) is 10.3. The number of nitrogens with two attached hydrogens (primary N) is 2. The molecule has 1 aliphatic heterocycles. The quantitative estimate of drug-likeness (QED) is 0.441.